The van der Waals surface area contributed by atoms with Gasteiger partial charge in [0.2, 0.25) is 0 Å². The standard InChI is InChI=1S/C23H20Cl2N2O4/c1-27(23(29)19-12-15(25)8-10-21(19)31-3)17-6-4-5-16(13-17)26-22(28)18-11-14(24)7-9-20(18)30-2/h4-13H,1-3H3,(H,26,28). The van der Waals surface area contributed by atoms with E-state index in [1.54, 1.807) is 61.6 Å². The number of anilines is 2. The summed E-state index contributed by atoms with van der Waals surface area (Å²) in [4.78, 5) is 27.2. The molecule has 0 bridgehead atoms. The molecule has 6 nitrogen and oxygen atoms in total. The first kappa shape index (κ1) is 22.5. The van der Waals surface area contributed by atoms with Gasteiger partial charge in [0, 0.05) is 28.5 Å². The third-order valence-corrected chi connectivity index (χ3v) is 5.06. The number of methoxy groups -OCH3 is 2. The van der Waals surface area contributed by atoms with Gasteiger partial charge in [-0.2, -0.15) is 0 Å². The Bertz CT molecular complexity index is 1130. The summed E-state index contributed by atoms with van der Waals surface area (Å²) in [7, 11) is 4.59. The fraction of sp³-hybridized carbons (Fsp3) is 0.130. The summed E-state index contributed by atoms with van der Waals surface area (Å²) < 4.78 is 10.5. The normalized spacial score (nSPS) is 10.4. The number of carbonyl (C=O) groups excluding carboxylic acids is 2. The van der Waals surface area contributed by atoms with E-state index in [9.17, 15) is 9.59 Å². The van der Waals surface area contributed by atoms with Gasteiger partial charge in [0.05, 0.1) is 25.3 Å². The number of rotatable bonds is 6. The second-order valence-electron chi connectivity index (χ2n) is 6.56. The van der Waals surface area contributed by atoms with Crippen molar-refractivity contribution in [3.8, 4) is 11.5 Å². The lowest BCUT2D eigenvalue weighted by Crippen LogP contribution is -2.26. The molecule has 0 saturated carbocycles. The van der Waals surface area contributed by atoms with Crippen molar-refractivity contribution in [3.05, 3.63) is 81.8 Å². The number of nitrogens with zero attached hydrogens (tertiary/aromatic N) is 1. The zero-order valence-corrected chi connectivity index (χ0v) is 18.6. The molecular weight excluding hydrogens is 439 g/mol. The van der Waals surface area contributed by atoms with Crippen LogP contribution in [0.5, 0.6) is 11.5 Å². The van der Waals surface area contributed by atoms with E-state index in [1.807, 2.05) is 0 Å². The summed E-state index contributed by atoms with van der Waals surface area (Å²) in [5.41, 5.74) is 1.70. The Hall–Kier alpha value is -3.22. The Morgan fingerprint density at radius 3 is 2.03 bits per heavy atom. The molecule has 0 radical (unpaired) electrons. The first-order valence-corrected chi connectivity index (χ1v) is 9.96. The van der Waals surface area contributed by atoms with Crippen LogP contribution in [-0.4, -0.2) is 33.1 Å². The lowest BCUT2D eigenvalue weighted by molar-refractivity contribution is 0.0988. The molecule has 3 rings (SSSR count). The number of halogens is 2. The number of benzene rings is 3. The maximum atomic E-state index is 13.0. The average molecular weight is 459 g/mol. The maximum Gasteiger partial charge on any atom is 0.261 e. The Morgan fingerprint density at radius 1 is 0.839 bits per heavy atom. The summed E-state index contributed by atoms with van der Waals surface area (Å²) in [5, 5.41) is 3.65. The lowest BCUT2D eigenvalue weighted by atomic mass is 10.1. The molecule has 0 aromatic heterocycles. The van der Waals surface area contributed by atoms with E-state index in [1.165, 1.54) is 25.2 Å². The van der Waals surface area contributed by atoms with Crippen LogP contribution in [0.1, 0.15) is 20.7 Å². The highest BCUT2D eigenvalue weighted by atomic mass is 35.5. The quantitative estimate of drug-likeness (QED) is 0.526. The number of hydrogen-bond donors (Lipinski definition) is 1. The summed E-state index contributed by atoms with van der Waals surface area (Å²) >= 11 is 12.1. The highest BCUT2D eigenvalue weighted by molar-refractivity contribution is 6.31. The number of carbonyl (C=O) groups is 2. The number of nitrogens with one attached hydrogen (secondary N) is 1. The molecule has 0 aliphatic heterocycles. The molecule has 0 unspecified atom stereocenters. The molecule has 31 heavy (non-hydrogen) atoms. The van der Waals surface area contributed by atoms with Gasteiger partial charge in [-0.1, -0.05) is 29.3 Å². The predicted octanol–water partition coefficient (Wildman–Crippen LogP) is 5.54. The first-order valence-electron chi connectivity index (χ1n) is 9.20. The Morgan fingerprint density at radius 2 is 1.42 bits per heavy atom. The van der Waals surface area contributed by atoms with E-state index in [-0.39, 0.29) is 11.8 Å². The fourth-order valence-corrected chi connectivity index (χ4v) is 3.34. The van der Waals surface area contributed by atoms with Gasteiger partial charge in [-0.25, -0.2) is 0 Å². The molecule has 160 valence electrons. The molecule has 3 aromatic carbocycles. The smallest absolute Gasteiger partial charge is 0.261 e. The Kier molecular flexibility index (Phi) is 7.05. The maximum absolute atomic E-state index is 13.0. The average Bonchev–Trinajstić information content (AvgIpc) is 2.78. The SMILES string of the molecule is COc1ccc(Cl)cc1C(=O)Nc1cccc(N(C)C(=O)c2cc(Cl)ccc2OC)c1. The van der Waals surface area contributed by atoms with E-state index in [2.05, 4.69) is 5.32 Å². The summed E-state index contributed by atoms with van der Waals surface area (Å²) in [6.07, 6.45) is 0. The third kappa shape index (κ3) is 5.10. The van der Waals surface area contributed by atoms with Crippen LogP contribution in [0.15, 0.2) is 60.7 Å². The van der Waals surface area contributed by atoms with E-state index in [0.717, 1.165) is 0 Å². The van der Waals surface area contributed by atoms with E-state index in [0.29, 0.717) is 44.0 Å². The molecule has 3 aromatic rings. The topological polar surface area (TPSA) is 67.9 Å². The van der Waals surface area contributed by atoms with Gasteiger partial charge in [0.1, 0.15) is 11.5 Å². The van der Waals surface area contributed by atoms with Crippen LogP contribution in [-0.2, 0) is 0 Å². The van der Waals surface area contributed by atoms with Crippen LogP contribution in [0.2, 0.25) is 10.0 Å². The van der Waals surface area contributed by atoms with Crippen molar-refractivity contribution in [1.82, 2.24) is 0 Å². The second-order valence-corrected chi connectivity index (χ2v) is 7.43. The molecular formula is C23H20Cl2N2O4. The first-order chi connectivity index (χ1) is 14.8. The zero-order valence-electron chi connectivity index (χ0n) is 17.1. The van der Waals surface area contributed by atoms with Gasteiger partial charge in [0.25, 0.3) is 11.8 Å². The predicted molar refractivity (Wildman–Crippen MR) is 123 cm³/mol. The molecule has 0 fully saturated rings. The Balaban J connectivity index is 1.85. The summed E-state index contributed by atoms with van der Waals surface area (Å²) in [6, 6.07) is 16.5. The molecule has 0 aliphatic carbocycles. The third-order valence-electron chi connectivity index (χ3n) is 4.59. The summed E-state index contributed by atoms with van der Waals surface area (Å²) in [6.45, 7) is 0. The molecule has 0 saturated heterocycles. The molecule has 0 heterocycles. The van der Waals surface area contributed by atoms with Crippen LogP contribution < -0.4 is 19.7 Å². The minimum absolute atomic E-state index is 0.300. The minimum atomic E-state index is -0.387. The van der Waals surface area contributed by atoms with Crippen LogP contribution in [0.4, 0.5) is 11.4 Å². The van der Waals surface area contributed by atoms with Gasteiger partial charge >= 0.3 is 0 Å². The van der Waals surface area contributed by atoms with Gasteiger partial charge in [-0.15, -0.1) is 0 Å². The number of amides is 2. The van der Waals surface area contributed by atoms with Crippen molar-refractivity contribution < 1.29 is 19.1 Å². The number of ether oxygens (including phenoxy) is 2. The molecule has 2 amide bonds. The van der Waals surface area contributed by atoms with E-state index < -0.39 is 0 Å². The van der Waals surface area contributed by atoms with Crippen molar-refractivity contribution in [2.75, 3.05) is 31.5 Å². The highest BCUT2D eigenvalue weighted by Crippen LogP contribution is 2.28. The van der Waals surface area contributed by atoms with Crippen LogP contribution in [0.25, 0.3) is 0 Å². The zero-order chi connectivity index (χ0) is 22.5. The largest absolute Gasteiger partial charge is 0.496 e. The van der Waals surface area contributed by atoms with Gasteiger partial charge in [-0.3, -0.25) is 9.59 Å². The highest BCUT2D eigenvalue weighted by Gasteiger charge is 2.19. The van der Waals surface area contributed by atoms with E-state index >= 15 is 0 Å². The van der Waals surface area contributed by atoms with Crippen molar-refractivity contribution in [2.24, 2.45) is 0 Å². The van der Waals surface area contributed by atoms with Gasteiger partial charge in [-0.05, 0) is 54.6 Å². The number of hydrogen-bond acceptors (Lipinski definition) is 4. The molecule has 8 heteroatoms. The van der Waals surface area contributed by atoms with Gasteiger partial charge in [0.15, 0.2) is 0 Å². The van der Waals surface area contributed by atoms with Crippen molar-refractivity contribution in [3.63, 3.8) is 0 Å². The lowest BCUT2D eigenvalue weighted by Gasteiger charge is -2.20. The fourth-order valence-electron chi connectivity index (χ4n) is 2.99. The van der Waals surface area contributed by atoms with Crippen molar-refractivity contribution in [2.45, 2.75) is 0 Å². The molecule has 0 spiro atoms. The monoisotopic (exact) mass is 458 g/mol. The van der Waals surface area contributed by atoms with E-state index in [4.69, 9.17) is 32.7 Å². The van der Waals surface area contributed by atoms with Gasteiger partial charge < -0.3 is 19.7 Å². The minimum Gasteiger partial charge on any atom is -0.496 e. The molecule has 0 aliphatic rings. The van der Waals surface area contributed by atoms with Crippen LogP contribution >= 0.6 is 23.2 Å². The second kappa shape index (κ2) is 9.73. The Labute approximate surface area is 190 Å². The van der Waals surface area contributed by atoms with Crippen molar-refractivity contribution in [1.29, 1.82) is 0 Å². The molecule has 1 N–H and O–H groups in total. The van der Waals surface area contributed by atoms with Crippen LogP contribution in [0.3, 0.4) is 0 Å². The van der Waals surface area contributed by atoms with Crippen LogP contribution in [0, 0.1) is 0 Å². The molecule has 0 atom stereocenters. The summed E-state index contributed by atoms with van der Waals surface area (Å²) in [5.74, 6) is 0.124. The van der Waals surface area contributed by atoms with Crippen molar-refractivity contribution >= 4 is 46.4 Å².